The van der Waals surface area contributed by atoms with E-state index in [1.807, 2.05) is 6.92 Å². The minimum Gasteiger partial charge on any atom is -0.428 e. The largest absolute Gasteiger partial charge is 0.428 e. The van der Waals surface area contributed by atoms with Gasteiger partial charge in [0, 0.05) is 0 Å². The summed E-state index contributed by atoms with van der Waals surface area (Å²) in [6, 6.07) is 4.06. The highest BCUT2D eigenvalue weighted by Gasteiger charge is 2.33. The Hall–Kier alpha value is -0.460. The lowest BCUT2D eigenvalue weighted by Gasteiger charge is -2.13. The Labute approximate surface area is 100 Å². The molecule has 0 aliphatic rings. The summed E-state index contributed by atoms with van der Waals surface area (Å²) in [6.07, 6.45) is -3.19. The van der Waals surface area contributed by atoms with Crippen molar-refractivity contribution in [3.63, 3.8) is 0 Å². The van der Waals surface area contributed by atoms with Crippen molar-refractivity contribution in [2.24, 2.45) is 0 Å². The average molecular weight is 330 g/mol. The molecule has 0 aliphatic heterocycles. The molecule has 0 aromatic heterocycles. The van der Waals surface area contributed by atoms with E-state index in [1.165, 1.54) is 6.07 Å². The van der Waals surface area contributed by atoms with Gasteiger partial charge in [0.05, 0.1) is 5.56 Å². The van der Waals surface area contributed by atoms with E-state index in [4.69, 9.17) is 3.07 Å². The number of benzene rings is 1. The van der Waals surface area contributed by atoms with Crippen LogP contribution in [-0.2, 0) is 12.6 Å². The second-order valence-electron chi connectivity index (χ2n) is 3.14. The summed E-state index contributed by atoms with van der Waals surface area (Å²) in [7, 11) is 0. The first-order valence-electron chi connectivity index (χ1n) is 4.47. The van der Waals surface area contributed by atoms with Crippen molar-refractivity contribution in [2.45, 2.75) is 25.9 Å². The Morgan fingerprint density at radius 3 is 2.47 bits per heavy atom. The molecule has 0 unspecified atom stereocenters. The van der Waals surface area contributed by atoms with Gasteiger partial charge in [-0.1, -0.05) is 19.4 Å². The lowest BCUT2D eigenvalue weighted by atomic mass is 10.0. The van der Waals surface area contributed by atoms with Gasteiger partial charge in [0.2, 0.25) is 0 Å². The average Bonchev–Trinajstić information content (AvgIpc) is 2.17. The lowest BCUT2D eigenvalue weighted by molar-refractivity contribution is -0.138. The van der Waals surface area contributed by atoms with Gasteiger partial charge in [-0.05, 0) is 24.1 Å². The topological polar surface area (TPSA) is 9.23 Å². The molecule has 1 aromatic rings. The molecule has 1 nitrogen and oxygen atoms in total. The Morgan fingerprint density at radius 1 is 1.33 bits per heavy atom. The van der Waals surface area contributed by atoms with Crippen molar-refractivity contribution in [3.8, 4) is 5.75 Å². The van der Waals surface area contributed by atoms with E-state index in [9.17, 15) is 13.2 Å². The molecule has 0 fully saturated rings. The van der Waals surface area contributed by atoms with Gasteiger partial charge in [-0.15, -0.1) is 0 Å². The SMILES string of the molecule is CCCc1ccc(OI)cc1C(F)(F)F. The van der Waals surface area contributed by atoms with Crippen LogP contribution in [0.15, 0.2) is 18.2 Å². The molecule has 5 heteroatoms. The highest BCUT2D eigenvalue weighted by molar-refractivity contribution is 14.1. The first-order chi connectivity index (χ1) is 6.99. The lowest BCUT2D eigenvalue weighted by Crippen LogP contribution is -2.09. The molecular weight excluding hydrogens is 320 g/mol. The van der Waals surface area contributed by atoms with Crippen molar-refractivity contribution in [1.82, 2.24) is 0 Å². The van der Waals surface area contributed by atoms with Gasteiger partial charge in [0.25, 0.3) is 0 Å². The molecule has 0 bridgehead atoms. The second-order valence-corrected chi connectivity index (χ2v) is 3.58. The van der Waals surface area contributed by atoms with E-state index in [0.29, 0.717) is 18.4 Å². The Bertz CT molecular complexity index is 336. The van der Waals surface area contributed by atoms with E-state index in [2.05, 4.69) is 0 Å². The molecule has 84 valence electrons. The predicted octanol–water partition coefficient (Wildman–Crippen LogP) is 4.39. The summed E-state index contributed by atoms with van der Waals surface area (Å²) in [4.78, 5) is 0. The van der Waals surface area contributed by atoms with Crippen LogP contribution in [0.25, 0.3) is 0 Å². The normalized spacial score (nSPS) is 11.5. The van der Waals surface area contributed by atoms with Crippen LogP contribution in [0.3, 0.4) is 0 Å². The van der Waals surface area contributed by atoms with Crippen LogP contribution >= 0.6 is 23.0 Å². The Balaban J connectivity index is 3.16. The summed E-state index contributed by atoms with van der Waals surface area (Å²) >= 11 is 1.56. The highest BCUT2D eigenvalue weighted by atomic mass is 127. The zero-order valence-electron chi connectivity index (χ0n) is 8.07. The van der Waals surface area contributed by atoms with E-state index in [-0.39, 0.29) is 5.75 Å². The van der Waals surface area contributed by atoms with Crippen LogP contribution in [0.1, 0.15) is 24.5 Å². The predicted molar refractivity (Wildman–Crippen MR) is 60.1 cm³/mol. The zero-order chi connectivity index (χ0) is 11.5. The number of halogens is 4. The van der Waals surface area contributed by atoms with E-state index < -0.39 is 11.7 Å². The molecule has 0 N–H and O–H groups in total. The van der Waals surface area contributed by atoms with Gasteiger partial charge in [-0.2, -0.15) is 13.2 Å². The fourth-order valence-corrected chi connectivity index (χ4v) is 1.63. The molecule has 0 heterocycles. The van der Waals surface area contributed by atoms with Crippen molar-refractivity contribution < 1.29 is 16.2 Å². The van der Waals surface area contributed by atoms with Gasteiger partial charge >= 0.3 is 6.18 Å². The monoisotopic (exact) mass is 330 g/mol. The minimum absolute atomic E-state index is 0.225. The maximum atomic E-state index is 12.6. The van der Waals surface area contributed by atoms with Gasteiger partial charge in [0.15, 0.2) is 23.0 Å². The van der Waals surface area contributed by atoms with Crippen LogP contribution in [0.5, 0.6) is 5.75 Å². The third-order valence-electron chi connectivity index (χ3n) is 2.00. The standard InChI is InChI=1S/C10H10F3IO/c1-2-3-7-4-5-8(15-14)6-9(7)10(11,12)13/h4-6H,2-3H2,1H3. The Morgan fingerprint density at radius 2 is 2.00 bits per heavy atom. The minimum atomic E-state index is -4.31. The smallest absolute Gasteiger partial charge is 0.416 e. The number of hydrogen-bond donors (Lipinski definition) is 0. The van der Waals surface area contributed by atoms with Crippen LogP contribution in [0, 0.1) is 0 Å². The second kappa shape index (κ2) is 5.05. The summed E-state index contributed by atoms with van der Waals surface area (Å²) in [5.41, 5.74) is -0.277. The number of hydrogen-bond acceptors (Lipinski definition) is 1. The van der Waals surface area contributed by atoms with Crippen molar-refractivity contribution in [2.75, 3.05) is 0 Å². The van der Waals surface area contributed by atoms with Gasteiger partial charge < -0.3 is 3.07 Å². The summed E-state index contributed by atoms with van der Waals surface area (Å²) < 4.78 is 42.6. The van der Waals surface area contributed by atoms with Crippen molar-refractivity contribution in [1.29, 1.82) is 0 Å². The van der Waals surface area contributed by atoms with Crippen molar-refractivity contribution >= 4 is 23.0 Å². The molecule has 0 radical (unpaired) electrons. The first-order valence-corrected chi connectivity index (χ1v) is 5.35. The molecule has 0 aliphatic carbocycles. The summed E-state index contributed by atoms with van der Waals surface area (Å²) in [5.74, 6) is 0.225. The Kier molecular flexibility index (Phi) is 4.24. The van der Waals surface area contributed by atoms with Gasteiger partial charge in [0.1, 0.15) is 5.75 Å². The maximum Gasteiger partial charge on any atom is 0.416 e. The molecule has 1 rings (SSSR count). The molecule has 0 amide bonds. The molecular formula is C10H10F3IO. The first kappa shape index (κ1) is 12.6. The van der Waals surface area contributed by atoms with Crippen molar-refractivity contribution in [3.05, 3.63) is 29.3 Å². The molecule has 1 aromatic carbocycles. The highest BCUT2D eigenvalue weighted by Crippen LogP contribution is 2.35. The summed E-state index contributed by atoms with van der Waals surface area (Å²) in [5, 5.41) is 0. The molecule has 0 atom stereocenters. The quantitative estimate of drug-likeness (QED) is 0.747. The van der Waals surface area contributed by atoms with Gasteiger partial charge in [-0.25, -0.2) is 0 Å². The maximum absolute atomic E-state index is 12.6. The number of alkyl halides is 3. The van der Waals surface area contributed by atoms with Crippen LogP contribution in [-0.4, -0.2) is 0 Å². The third-order valence-corrected chi connectivity index (χ3v) is 2.50. The van der Waals surface area contributed by atoms with Crippen LogP contribution in [0.2, 0.25) is 0 Å². The van der Waals surface area contributed by atoms with E-state index in [1.54, 1.807) is 29.1 Å². The van der Waals surface area contributed by atoms with Gasteiger partial charge in [-0.3, -0.25) is 0 Å². The third kappa shape index (κ3) is 3.25. The fourth-order valence-electron chi connectivity index (χ4n) is 1.35. The van der Waals surface area contributed by atoms with E-state index >= 15 is 0 Å². The molecule has 0 spiro atoms. The number of aryl methyl sites for hydroxylation is 1. The number of rotatable bonds is 3. The molecule has 0 saturated heterocycles. The van der Waals surface area contributed by atoms with Crippen LogP contribution in [0.4, 0.5) is 13.2 Å². The van der Waals surface area contributed by atoms with E-state index in [0.717, 1.165) is 6.07 Å². The summed E-state index contributed by atoms with van der Waals surface area (Å²) in [6.45, 7) is 1.85. The van der Waals surface area contributed by atoms with Crippen LogP contribution < -0.4 is 3.07 Å². The fraction of sp³-hybridized carbons (Fsp3) is 0.400. The molecule has 0 saturated carbocycles. The zero-order valence-corrected chi connectivity index (χ0v) is 10.2. The molecule has 15 heavy (non-hydrogen) atoms.